The van der Waals surface area contributed by atoms with E-state index in [2.05, 4.69) is 10.3 Å². The third-order valence-electron chi connectivity index (χ3n) is 1.71. The Morgan fingerprint density at radius 2 is 2.15 bits per heavy atom. The molecule has 0 unspecified atom stereocenters. The van der Waals surface area contributed by atoms with E-state index < -0.39 is 0 Å². The first-order chi connectivity index (χ1) is 6.26. The lowest BCUT2D eigenvalue weighted by Crippen LogP contribution is -2.28. The van der Waals surface area contributed by atoms with Gasteiger partial charge in [0.1, 0.15) is 5.82 Å². The van der Waals surface area contributed by atoms with Gasteiger partial charge in [0.05, 0.1) is 19.3 Å². The second kappa shape index (κ2) is 4.79. The minimum Gasteiger partial charge on any atom is -0.394 e. The van der Waals surface area contributed by atoms with Crippen LogP contribution in [0.1, 0.15) is 5.56 Å². The molecule has 1 aromatic heterocycles. The van der Waals surface area contributed by atoms with Crippen LogP contribution in [0.2, 0.25) is 0 Å². The monoisotopic (exact) mass is 182 g/mol. The zero-order valence-electron chi connectivity index (χ0n) is 7.57. The molecular weight excluding hydrogens is 168 g/mol. The number of aliphatic hydroxyl groups is 2. The number of hydrogen-bond donors (Lipinski definition) is 3. The van der Waals surface area contributed by atoms with Crippen molar-refractivity contribution in [2.45, 2.75) is 13.0 Å². The van der Waals surface area contributed by atoms with Gasteiger partial charge in [0.25, 0.3) is 0 Å². The normalized spacial score (nSPS) is 10.5. The molecule has 0 fully saturated rings. The van der Waals surface area contributed by atoms with Crippen LogP contribution in [0, 0.1) is 6.92 Å². The van der Waals surface area contributed by atoms with Gasteiger partial charge in [-0.15, -0.1) is 0 Å². The highest BCUT2D eigenvalue weighted by Gasteiger charge is 2.05. The summed E-state index contributed by atoms with van der Waals surface area (Å²) >= 11 is 0. The van der Waals surface area contributed by atoms with Crippen molar-refractivity contribution in [3.63, 3.8) is 0 Å². The average Bonchev–Trinajstić information content (AvgIpc) is 2.14. The summed E-state index contributed by atoms with van der Waals surface area (Å²) in [6, 6.07) is 3.41. The zero-order valence-corrected chi connectivity index (χ0v) is 7.57. The number of aryl methyl sites for hydroxylation is 1. The van der Waals surface area contributed by atoms with Gasteiger partial charge in [0.2, 0.25) is 0 Å². The molecule has 72 valence electrons. The second-order valence-electron chi connectivity index (χ2n) is 2.92. The number of hydrogen-bond acceptors (Lipinski definition) is 4. The molecule has 1 aromatic rings. The Labute approximate surface area is 77.2 Å². The van der Waals surface area contributed by atoms with Crippen LogP contribution in [0.25, 0.3) is 0 Å². The lowest BCUT2D eigenvalue weighted by Gasteiger charge is -2.13. The molecule has 0 aliphatic rings. The third-order valence-corrected chi connectivity index (χ3v) is 1.71. The lowest BCUT2D eigenvalue weighted by molar-refractivity contribution is 0.203. The van der Waals surface area contributed by atoms with Crippen LogP contribution in [0.3, 0.4) is 0 Å². The summed E-state index contributed by atoms with van der Waals surface area (Å²) < 4.78 is 0. The molecule has 4 heteroatoms. The van der Waals surface area contributed by atoms with Crippen molar-refractivity contribution in [1.29, 1.82) is 0 Å². The Hall–Kier alpha value is -1.13. The van der Waals surface area contributed by atoms with Crippen LogP contribution in [0.5, 0.6) is 0 Å². The molecule has 4 nitrogen and oxygen atoms in total. The van der Waals surface area contributed by atoms with Gasteiger partial charge in [0, 0.05) is 6.20 Å². The molecule has 0 amide bonds. The van der Waals surface area contributed by atoms with E-state index in [1.54, 1.807) is 6.20 Å². The van der Waals surface area contributed by atoms with E-state index >= 15 is 0 Å². The maximum Gasteiger partial charge on any atom is 0.126 e. The van der Waals surface area contributed by atoms with Gasteiger partial charge in [-0.05, 0) is 24.6 Å². The minimum absolute atomic E-state index is 0.105. The first-order valence-electron chi connectivity index (χ1n) is 4.17. The Kier molecular flexibility index (Phi) is 3.67. The van der Waals surface area contributed by atoms with Crippen molar-refractivity contribution in [2.24, 2.45) is 0 Å². The Bertz CT molecular complexity index is 262. The van der Waals surface area contributed by atoms with Gasteiger partial charge < -0.3 is 15.5 Å². The summed E-state index contributed by atoms with van der Waals surface area (Å²) in [5.74, 6) is 0.674. The number of anilines is 1. The van der Waals surface area contributed by atoms with E-state index in [4.69, 9.17) is 10.2 Å². The molecular formula is C9H14N2O2. The SMILES string of the molecule is Cc1ccnc(NC(CO)CO)c1. The molecule has 1 rings (SSSR count). The van der Waals surface area contributed by atoms with E-state index in [0.717, 1.165) is 5.56 Å². The van der Waals surface area contributed by atoms with Crippen molar-refractivity contribution >= 4 is 5.82 Å². The van der Waals surface area contributed by atoms with Crippen LogP contribution in [-0.2, 0) is 0 Å². The summed E-state index contributed by atoms with van der Waals surface area (Å²) in [6.45, 7) is 1.75. The molecule has 3 N–H and O–H groups in total. The van der Waals surface area contributed by atoms with E-state index in [-0.39, 0.29) is 19.3 Å². The first-order valence-corrected chi connectivity index (χ1v) is 4.17. The van der Waals surface area contributed by atoms with E-state index in [0.29, 0.717) is 5.82 Å². The summed E-state index contributed by atoms with van der Waals surface area (Å²) in [5.41, 5.74) is 1.09. The Morgan fingerprint density at radius 3 is 2.69 bits per heavy atom. The standard InChI is InChI=1S/C9H14N2O2/c1-7-2-3-10-9(4-7)11-8(5-12)6-13/h2-4,8,12-13H,5-6H2,1H3,(H,10,11). The molecule has 0 aromatic carbocycles. The topological polar surface area (TPSA) is 65.4 Å². The number of aliphatic hydroxyl groups excluding tert-OH is 2. The van der Waals surface area contributed by atoms with Gasteiger partial charge in [-0.1, -0.05) is 0 Å². The van der Waals surface area contributed by atoms with E-state index in [1.165, 1.54) is 0 Å². The van der Waals surface area contributed by atoms with Crippen LogP contribution in [-0.4, -0.2) is 34.5 Å². The molecule has 0 radical (unpaired) electrons. The van der Waals surface area contributed by atoms with Gasteiger partial charge in [0.15, 0.2) is 0 Å². The maximum atomic E-state index is 8.81. The minimum atomic E-state index is -0.339. The van der Waals surface area contributed by atoms with E-state index in [1.807, 2.05) is 19.1 Å². The van der Waals surface area contributed by atoms with E-state index in [9.17, 15) is 0 Å². The summed E-state index contributed by atoms with van der Waals surface area (Å²) in [7, 11) is 0. The third kappa shape index (κ3) is 3.01. The first kappa shape index (κ1) is 9.95. The molecule has 0 atom stereocenters. The lowest BCUT2D eigenvalue weighted by atomic mass is 10.3. The van der Waals surface area contributed by atoms with Gasteiger partial charge in [-0.3, -0.25) is 0 Å². The molecule has 13 heavy (non-hydrogen) atoms. The van der Waals surface area contributed by atoms with Gasteiger partial charge in [-0.2, -0.15) is 0 Å². The summed E-state index contributed by atoms with van der Waals surface area (Å²) in [4.78, 5) is 4.04. The Balaban J connectivity index is 2.62. The smallest absolute Gasteiger partial charge is 0.126 e. The number of nitrogens with zero attached hydrogens (tertiary/aromatic N) is 1. The predicted molar refractivity (Wildman–Crippen MR) is 50.6 cm³/mol. The quantitative estimate of drug-likeness (QED) is 0.620. The highest BCUT2D eigenvalue weighted by molar-refractivity contribution is 5.37. The van der Waals surface area contributed by atoms with Crippen molar-refractivity contribution in [3.8, 4) is 0 Å². The van der Waals surface area contributed by atoms with Crippen molar-refractivity contribution in [1.82, 2.24) is 4.98 Å². The van der Waals surface area contributed by atoms with Crippen LogP contribution in [0.15, 0.2) is 18.3 Å². The molecule has 0 bridgehead atoms. The molecule has 1 heterocycles. The Morgan fingerprint density at radius 1 is 1.46 bits per heavy atom. The van der Waals surface area contributed by atoms with Crippen LogP contribution >= 0.6 is 0 Å². The predicted octanol–water partition coefficient (Wildman–Crippen LogP) is 0.155. The second-order valence-corrected chi connectivity index (χ2v) is 2.92. The molecule has 0 aliphatic carbocycles. The zero-order chi connectivity index (χ0) is 9.68. The van der Waals surface area contributed by atoms with Crippen LogP contribution in [0.4, 0.5) is 5.82 Å². The number of nitrogens with one attached hydrogen (secondary N) is 1. The molecule has 0 aliphatic heterocycles. The fraction of sp³-hybridized carbons (Fsp3) is 0.444. The molecule has 0 saturated heterocycles. The van der Waals surface area contributed by atoms with Crippen LogP contribution < -0.4 is 5.32 Å². The highest BCUT2D eigenvalue weighted by Crippen LogP contribution is 2.06. The summed E-state index contributed by atoms with van der Waals surface area (Å²) in [5, 5.41) is 20.5. The van der Waals surface area contributed by atoms with Crippen molar-refractivity contribution in [2.75, 3.05) is 18.5 Å². The fourth-order valence-electron chi connectivity index (χ4n) is 0.973. The highest BCUT2D eigenvalue weighted by atomic mass is 16.3. The van der Waals surface area contributed by atoms with Crippen molar-refractivity contribution in [3.05, 3.63) is 23.9 Å². The van der Waals surface area contributed by atoms with Gasteiger partial charge in [-0.25, -0.2) is 4.98 Å². The maximum absolute atomic E-state index is 8.81. The molecule has 0 saturated carbocycles. The van der Waals surface area contributed by atoms with Gasteiger partial charge >= 0.3 is 0 Å². The molecule has 0 spiro atoms. The number of aromatic nitrogens is 1. The number of rotatable bonds is 4. The number of pyridine rings is 1. The largest absolute Gasteiger partial charge is 0.394 e. The fourth-order valence-corrected chi connectivity index (χ4v) is 0.973. The summed E-state index contributed by atoms with van der Waals surface area (Å²) in [6.07, 6.45) is 1.68. The van der Waals surface area contributed by atoms with Crippen molar-refractivity contribution < 1.29 is 10.2 Å². The average molecular weight is 182 g/mol.